The lowest BCUT2D eigenvalue weighted by molar-refractivity contribution is -0.170. The maximum atomic E-state index is 12.1. The Hall–Kier alpha value is -3.26. The number of esters is 1. The van der Waals surface area contributed by atoms with Gasteiger partial charge >= 0.3 is 11.9 Å². The minimum atomic E-state index is -1.70. The molecule has 8 heteroatoms. The Morgan fingerprint density at radius 2 is 1.77 bits per heavy atom. The van der Waals surface area contributed by atoms with Gasteiger partial charge in [-0.2, -0.15) is 0 Å². The number of phenolic OH excluding ortho intramolecular Hbond substituents is 2. The molecule has 138 valence electrons. The molecular formula is C18H18O8. The molecule has 0 amide bonds. The smallest absolute Gasteiger partial charge is 0.349 e. The maximum absolute atomic E-state index is 12.1. The Morgan fingerprint density at radius 3 is 2.38 bits per heavy atom. The molecule has 0 aromatic heterocycles. The maximum Gasteiger partial charge on any atom is 0.349 e. The molecule has 2 aromatic carbocycles. The van der Waals surface area contributed by atoms with Crippen LogP contribution in [-0.4, -0.2) is 45.6 Å². The second-order valence-corrected chi connectivity index (χ2v) is 5.44. The summed E-state index contributed by atoms with van der Waals surface area (Å²) in [5.74, 6) is -2.91. The van der Waals surface area contributed by atoms with E-state index < -0.39 is 24.1 Å². The highest BCUT2D eigenvalue weighted by Crippen LogP contribution is 2.30. The lowest BCUT2D eigenvalue weighted by Gasteiger charge is -2.18. The van der Waals surface area contributed by atoms with E-state index in [-0.39, 0.29) is 29.2 Å². The summed E-state index contributed by atoms with van der Waals surface area (Å²) in [6.45, 7) is 0. The van der Waals surface area contributed by atoms with Crippen molar-refractivity contribution in [3.05, 3.63) is 53.6 Å². The monoisotopic (exact) mass is 362 g/mol. The van der Waals surface area contributed by atoms with Crippen LogP contribution in [0.25, 0.3) is 0 Å². The van der Waals surface area contributed by atoms with Gasteiger partial charge in [0.05, 0.1) is 7.11 Å². The summed E-state index contributed by atoms with van der Waals surface area (Å²) in [5, 5.41) is 38.5. The standard InChI is InChI=1S/C18H18O8/c1-25-15-9-11(6-7-13(15)20)16(17(22)23)26-18(24)14(21)8-10-4-2-3-5-12(10)19/h2-7,9,14,16,19-21H,8H2,1H3,(H,22,23). The number of aromatic hydroxyl groups is 2. The van der Waals surface area contributed by atoms with E-state index in [1.807, 2.05) is 0 Å². The number of para-hydroxylation sites is 1. The van der Waals surface area contributed by atoms with E-state index in [4.69, 9.17) is 9.47 Å². The van der Waals surface area contributed by atoms with E-state index in [1.54, 1.807) is 12.1 Å². The molecule has 0 saturated heterocycles. The van der Waals surface area contributed by atoms with Crippen LogP contribution in [0.1, 0.15) is 17.2 Å². The van der Waals surface area contributed by atoms with E-state index in [2.05, 4.69) is 0 Å². The Bertz CT molecular complexity index is 802. The van der Waals surface area contributed by atoms with Gasteiger partial charge in [0.2, 0.25) is 6.10 Å². The summed E-state index contributed by atoms with van der Waals surface area (Å²) in [6, 6.07) is 9.81. The number of benzene rings is 2. The minimum absolute atomic E-state index is 0.0135. The summed E-state index contributed by atoms with van der Waals surface area (Å²) >= 11 is 0. The zero-order valence-corrected chi connectivity index (χ0v) is 13.8. The molecule has 0 aliphatic carbocycles. The van der Waals surface area contributed by atoms with Crippen molar-refractivity contribution < 1.29 is 39.5 Å². The average Bonchev–Trinajstić information content (AvgIpc) is 2.61. The second kappa shape index (κ2) is 8.21. The van der Waals surface area contributed by atoms with Crippen molar-refractivity contribution in [1.29, 1.82) is 0 Å². The van der Waals surface area contributed by atoms with Gasteiger partial charge < -0.3 is 29.9 Å². The minimum Gasteiger partial charge on any atom is -0.508 e. The van der Waals surface area contributed by atoms with Crippen LogP contribution in [0.4, 0.5) is 0 Å². The van der Waals surface area contributed by atoms with E-state index >= 15 is 0 Å². The van der Waals surface area contributed by atoms with Gasteiger partial charge in [-0.3, -0.25) is 0 Å². The van der Waals surface area contributed by atoms with Crippen LogP contribution in [0.2, 0.25) is 0 Å². The highest BCUT2D eigenvalue weighted by Gasteiger charge is 2.29. The molecule has 0 fully saturated rings. The van der Waals surface area contributed by atoms with Crippen molar-refractivity contribution in [2.75, 3.05) is 7.11 Å². The number of carbonyl (C=O) groups excluding carboxylic acids is 1. The van der Waals surface area contributed by atoms with Gasteiger partial charge in [0.25, 0.3) is 0 Å². The Balaban J connectivity index is 2.15. The number of hydrogen-bond acceptors (Lipinski definition) is 7. The van der Waals surface area contributed by atoms with Crippen molar-refractivity contribution >= 4 is 11.9 Å². The van der Waals surface area contributed by atoms with Crippen LogP contribution in [0.5, 0.6) is 17.2 Å². The molecule has 26 heavy (non-hydrogen) atoms. The first kappa shape index (κ1) is 19.1. The number of aliphatic hydroxyl groups excluding tert-OH is 1. The topological polar surface area (TPSA) is 134 Å². The highest BCUT2D eigenvalue weighted by molar-refractivity contribution is 5.81. The largest absolute Gasteiger partial charge is 0.508 e. The number of phenols is 2. The van der Waals surface area contributed by atoms with Gasteiger partial charge in [0.15, 0.2) is 17.6 Å². The number of methoxy groups -OCH3 is 1. The molecule has 2 atom stereocenters. The SMILES string of the molecule is COc1cc(C(OC(=O)C(O)Cc2ccccc2O)C(=O)O)ccc1O. The molecule has 0 bridgehead atoms. The molecule has 0 aliphatic rings. The van der Waals surface area contributed by atoms with Crippen LogP contribution in [-0.2, 0) is 20.7 Å². The van der Waals surface area contributed by atoms with Crippen LogP contribution >= 0.6 is 0 Å². The normalized spacial score (nSPS) is 12.8. The number of ether oxygens (including phenoxy) is 2. The van der Waals surface area contributed by atoms with Gasteiger partial charge in [-0.05, 0) is 23.8 Å². The van der Waals surface area contributed by atoms with Crippen molar-refractivity contribution in [3.63, 3.8) is 0 Å². The number of aliphatic carboxylic acids is 1. The molecule has 0 radical (unpaired) electrons. The van der Waals surface area contributed by atoms with Crippen LogP contribution in [0.3, 0.4) is 0 Å². The molecule has 2 aromatic rings. The first-order chi connectivity index (χ1) is 12.3. The lowest BCUT2D eigenvalue weighted by Crippen LogP contribution is -2.29. The van der Waals surface area contributed by atoms with Crippen molar-refractivity contribution in [1.82, 2.24) is 0 Å². The Morgan fingerprint density at radius 1 is 1.08 bits per heavy atom. The van der Waals surface area contributed by atoms with Gasteiger partial charge in [0.1, 0.15) is 5.75 Å². The lowest BCUT2D eigenvalue weighted by atomic mass is 10.1. The van der Waals surface area contributed by atoms with Crippen LogP contribution in [0.15, 0.2) is 42.5 Å². The van der Waals surface area contributed by atoms with Gasteiger partial charge in [-0.25, -0.2) is 9.59 Å². The molecule has 4 N–H and O–H groups in total. The fourth-order valence-electron chi connectivity index (χ4n) is 2.29. The molecule has 8 nitrogen and oxygen atoms in total. The third-order valence-electron chi connectivity index (χ3n) is 3.64. The van der Waals surface area contributed by atoms with E-state index in [0.717, 1.165) is 0 Å². The zero-order valence-electron chi connectivity index (χ0n) is 13.8. The van der Waals surface area contributed by atoms with Crippen LogP contribution in [0, 0.1) is 0 Å². The number of carboxylic acids is 1. The number of carboxylic acid groups (broad SMARTS) is 1. The quantitative estimate of drug-likeness (QED) is 0.543. The van der Waals surface area contributed by atoms with Gasteiger partial charge in [0, 0.05) is 12.0 Å². The molecule has 2 unspecified atom stereocenters. The average molecular weight is 362 g/mol. The summed E-state index contributed by atoms with van der Waals surface area (Å²) in [7, 11) is 1.29. The Kier molecular flexibility index (Phi) is 6.03. The predicted octanol–water partition coefficient (Wildman–Crippen LogP) is 1.38. The van der Waals surface area contributed by atoms with Crippen molar-refractivity contribution in [2.24, 2.45) is 0 Å². The van der Waals surface area contributed by atoms with E-state index in [0.29, 0.717) is 5.56 Å². The first-order valence-corrected chi connectivity index (χ1v) is 7.58. The first-order valence-electron chi connectivity index (χ1n) is 7.58. The van der Waals surface area contributed by atoms with E-state index in [9.17, 15) is 30.0 Å². The Labute approximate surface area is 148 Å². The van der Waals surface area contributed by atoms with E-state index in [1.165, 1.54) is 37.4 Å². The molecule has 0 saturated carbocycles. The number of hydrogen-bond donors (Lipinski definition) is 4. The molecule has 2 rings (SSSR count). The summed E-state index contributed by atoms with van der Waals surface area (Å²) in [5.41, 5.74) is 0.366. The number of rotatable bonds is 7. The molecular weight excluding hydrogens is 344 g/mol. The number of aliphatic hydroxyl groups is 1. The molecule has 0 spiro atoms. The fraction of sp³-hybridized carbons (Fsp3) is 0.222. The third-order valence-corrected chi connectivity index (χ3v) is 3.64. The summed E-state index contributed by atoms with van der Waals surface area (Å²) in [4.78, 5) is 23.5. The summed E-state index contributed by atoms with van der Waals surface area (Å²) < 4.78 is 9.80. The molecule has 0 heterocycles. The highest BCUT2D eigenvalue weighted by atomic mass is 16.6. The predicted molar refractivity (Wildman–Crippen MR) is 88.9 cm³/mol. The van der Waals surface area contributed by atoms with Crippen LogP contribution < -0.4 is 4.74 Å². The zero-order chi connectivity index (χ0) is 19.3. The second-order valence-electron chi connectivity index (χ2n) is 5.44. The third kappa shape index (κ3) is 4.42. The van der Waals surface area contributed by atoms with Gasteiger partial charge in [-0.15, -0.1) is 0 Å². The summed E-state index contributed by atoms with van der Waals surface area (Å²) in [6.07, 6.45) is -3.60. The number of carbonyl (C=O) groups is 2. The van der Waals surface area contributed by atoms with Gasteiger partial charge in [-0.1, -0.05) is 24.3 Å². The van der Waals surface area contributed by atoms with Crippen molar-refractivity contribution in [3.8, 4) is 17.2 Å². The molecule has 0 aliphatic heterocycles. The fourth-order valence-corrected chi connectivity index (χ4v) is 2.29. The van der Waals surface area contributed by atoms with Crippen molar-refractivity contribution in [2.45, 2.75) is 18.6 Å².